The number of benzene rings is 1. The predicted octanol–water partition coefficient (Wildman–Crippen LogP) is 4.58. The zero-order valence-corrected chi connectivity index (χ0v) is 16.8. The molecule has 136 valence electrons. The molecule has 0 aliphatic rings. The largest absolute Gasteiger partial charge is 0.497 e. The van der Waals surface area contributed by atoms with Gasteiger partial charge in [-0.2, -0.15) is 5.26 Å². The van der Waals surface area contributed by atoms with Crippen LogP contribution in [0.15, 0.2) is 40.2 Å². The molecular formula is C19H18BrNO4S. The summed E-state index contributed by atoms with van der Waals surface area (Å²) in [6.07, 6.45) is 0.0380. The second kappa shape index (κ2) is 9.51. The third-order valence-corrected chi connectivity index (χ3v) is 5.61. The zero-order chi connectivity index (χ0) is 19.1. The van der Waals surface area contributed by atoms with Crippen molar-refractivity contribution in [1.29, 1.82) is 5.26 Å². The Morgan fingerprint density at radius 2 is 1.92 bits per heavy atom. The number of ketones is 1. The van der Waals surface area contributed by atoms with E-state index in [1.54, 1.807) is 38.3 Å². The predicted molar refractivity (Wildman–Crippen MR) is 102 cm³/mol. The maximum atomic E-state index is 12.7. The van der Waals surface area contributed by atoms with Crippen molar-refractivity contribution in [2.75, 3.05) is 13.7 Å². The van der Waals surface area contributed by atoms with Crippen molar-refractivity contribution in [2.24, 2.45) is 5.92 Å². The first kappa shape index (κ1) is 20.1. The number of nitrogens with zero attached hydrogens (tertiary/aromatic N) is 1. The minimum Gasteiger partial charge on any atom is -0.497 e. The molecule has 5 nitrogen and oxygen atoms in total. The van der Waals surface area contributed by atoms with E-state index in [0.717, 1.165) is 8.66 Å². The van der Waals surface area contributed by atoms with Crippen LogP contribution in [0.1, 0.15) is 34.5 Å². The van der Waals surface area contributed by atoms with Crippen LogP contribution in [-0.4, -0.2) is 25.5 Å². The van der Waals surface area contributed by atoms with Crippen LogP contribution in [0.25, 0.3) is 0 Å². The van der Waals surface area contributed by atoms with Gasteiger partial charge < -0.3 is 9.47 Å². The first-order valence-corrected chi connectivity index (χ1v) is 9.59. The average molecular weight is 436 g/mol. The molecule has 2 rings (SSSR count). The van der Waals surface area contributed by atoms with Gasteiger partial charge in [-0.15, -0.1) is 11.3 Å². The number of Topliss-reactive ketones (excluding diaryl/α,β-unsaturated/α-hetero) is 1. The third-order valence-electron chi connectivity index (χ3n) is 3.86. The maximum absolute atomic E-state index is 12.7. The summed E-state index contributed by atoms with van der Waals surface area (Å²) in [5.74, 6) is -1.70. The molecule has 7 heteroatoms. The highest BCUT2D eigenvalue weighted by atomic mass is 79.9. The quantitative estimate of drug-likeness (QED) is 0.447. The molecule has 0 N–H and O–H groups in total. The number of carbonyl (C=O) groups is 2. The summed E-state index contributed by atoms with van der Waals surface area (Å²) in [7, 11) is 1.55. The molecule has 2 atom stereocenters. The third kappa shape index (κ3) is 4.93. The van der Waals surface area contributed by atoms with Gasteiger partial charge in [-0.3, -0.25) is 9.59 Å². The van der Waals surface area contributed by atoms with Gasteiger partial charge in [0.2, 0.25) is 0 Å². The van der Waals surface area contributed by atoms with E-state index in [1.807, 2.05) is 18.2 Å². The molecule has 0 saturated carbocycles. The highest BCUT2D eigenvalue weighted by Crippen LogP contribution is 2.36. The molecule has 0 amide bonds. The number of carbonyl (C=O) groups excluding carboxylic acids is 2. The van der Waals surface area contributed by atoms with Crippen molar-refractivity contribution in [3.63, 3.8) is 0 Å². The van der Waals surface area contributed by atoms with Crippen LogP contribution in [0.4, 0.5) is 0 Å². The smallest absolute Gasteiger partial charge is 0.324 e. The van der Waals surface area contributed by atoms with Crippen molar-refractivity contribution in [3.05, 3.63) is 50.6 Å². The van der Waals surface area contributed by atoms with Crippen LogP contribution >= 0.6 is 27.3 Å². The summed E-state index contributed by atoms with van der Waals surface area (Å²) in [5.41, 5.74) is 0.506. The average Bonchev–Trinajstić information content (AvgIpc) is 3.08. The Kier molecular flexibility index (Phi) is 7.37. The van der Waals surface area contributed by atoms with Crippen molar-refractivity contribution < 1.29 is 19.1 Å². The molecule has 26 heavy (non-hydrogen) atoms. The molecule has 1 aromatic carbocycles. The number of rotatable bonds is 8. The van der Waals surface area contributed by atoms with Gasteiger partial charge in [0.15, 0.2) is 11.7 Å². The van der Waals surface area contributed by atoms with E-state index in [0.29, 0.717) is 11.3 Å². The Labute approximate surface area is 164 Å². The van der Waals surface area contributed by atoms with Crippen LogP contribution in [0.2, 0.25) is 0 Å². The standard InChI is InChI=1S/C19H18BrNO4S/c1-3-25-19(23)15(11-21)14(17-8-9-18(20)26-17)10-16(22)12-4-6-13(24-2)7-5-12/h4-9,14-15H,3,10H2,1-2H3. The van der Waals surface area contributed by atoms with Gasteiger partial charge in [0, 0.05) is 22.8 Å². The first-order valence-electron chi connectivity index (χ1n) is 7.98. The van der Waals surface area contributed by atoms with Crippen LogP contribution in [0.3, 0.4) is 0 Å². The van der Waals surface area contributed by atoms with E-state index in [2.05, 4.69) is 15.9 Å². The number of thiophene rings is 1. The molecule has 0 saturated heterocycles. The summed E-state index contributed by atoms with van der Waals surface area (Å²) in [5, 5.41) is 9.53. The Morgan fingerprint density at radius 1 is 1.23 bits per heavy atom. The SMILES string of the molecule is CCOC(=O)C(C#N)C(CC(=O)c1ccc(OC)cc1)c1ccc(Br)s1. The van der Waals surface area contributed by atoms with E-state index < -0.39 is 17.8 Å². The Hall–Kier alpha value is -2.17. The number of esters is 1. The number of nitriles is 1. The minimum absolute atomic E-state index is 0.0380. The van der Waals surface area contributed by atoms with Crippen molar-refractivity contribution in [1.82, 2.24) is 0 Å². The van der Waals surface area contributed by atoms with Gasteiger partial charge >= 0.3 is 5.97 Å². The number of hydrogen-bond donors (Lipinski definition) is 0. The van der Waals surface area contributed by atoms with E-state index in [-0.39, 0.29) is 18.8 Å². The maximum Gasteiger partial charge on any atom is 0.324 e. The summed E-state index contributed by atoms with van der Waals surface area (Å²) in [4.78, 5) is 25.7. The normalized spacial score (nSPS) is 12.7. The zero-order valence-electron chi connectivity index (χ0n) is 14.4. The van der Waals surface area contributed by atoms with Gasteiger partial charge in [-0.1, -0.05) is 0 Å². The fourth-order valence-electron chi connectivity index (χ4n) is 2.54. The van der Waals surface area contributed by atoms with E-state index >= 15 is 0 Å². The molecule has 0 fully saturated rings. The topological polar surface area (TPSA) is 76.4 Å². The van der Waals surface area contributed by atoms with Crippen LogP contribution < -0.4 is 4.74 Å². The van der Waals surface area contributed by atoms with Gasteiger partial charge in [0.1, 0.15) is 5.75 Å². The summed E-state index contributed by atoms with van der Waals surface area (Å²) in [6, 6.07) is 12.4. The Bertz CT molecular complexity index is 810. The second-order valence-corrected chi connectivity index (χ2v) is 7.96. The van der Waals surface area contributed by atoms with Gasteiger partial charge in [0.25, 0.3) is 0 Å². The summed E-state index contributed by atoms with van der Waals surface area (Å²) < 4.78 is 11.0. The second-order valence-electron chi connectivity index (χ2n) is 5.46. The van der Waals surface area contributed by atoms with Crippen molar-refractivity contribution in [2.45, 2.75) is 19.3 Å². The highest BCUT2D eigenvalue weighted by molar-refractivity contribution is 9.11. The van der Waals surface area contributed by atoms with Crippen LogP contribution in [0.5, 0.6) is 5.75 Å². The summed E-state index contributed by atoms with van der Waals surface area (Å²) in [6.45, 7) is 1.87. The lowest BCUT2D eigenvalue weighted by molar-refractivity contribution is -0.146. The minimum atomic E-state index is -1.04. The number of methoxy groups -OCH3 is 1. The van der Waals surface area contributed by atoms with Crippen molar-refractivity contribution in [3.8, 4) is 11.8 Å². The van der Waals surface area contributed by atoms with Gasteiger partial charge in [0.05, 0.1) is 23.6 Å². The number of halogens is 1. The van der Waals surface area contributed by atoms with Crippen molar-refractivity contribution >= 4 is 39.0 Å². The molecule has 1 heterocycles. The number of ether oxygens (including phenoxy) is 2. The Balaban J connectivity index is 2.29. The summed E-state index contributed by atoms with van der Waals surface area (Å²) >= 11 is 4.79. The first-order chi connectivity index (χ1) is 12.5. The lowest BCUT2D eigenvalue weighted by Crippen LogP contribution is -2.25. The van der Waals surface area contributed by atoms with Crippen LogP contribution in [0, 0.1) is 17.2 Å². The molecule has 0 aliphatic heterocycles. The number of hydrogen-bond acceptors (Lipinski definition) is 6. The monoisotopic (exact) mass is 435 g/mol. The van der Waals surface area contributed by atoms with E-state index in [4.69, 9.17) is 9.47 Å². The fraction of sp³-hybridized carbons (Fsp3) is 0.316. The molecular weight excluding hydrogens is 418 g/mol. The molecule has 0 aliphatic carbocycles. The van der Waals surface area contributed by atoms with Crippen LogP contribution in [-0.2, 0) is 9.53 Å². The molecule has 1 aromatic heterocycles. The Morgan fingerprint density at radius 3 is 2.42 bits per heavy atom. The molecule has 2 aromatic rings. The molecule has 2 unspecified atom stereocenters. The lowest BCUT2D eigenvalue weighted by Gasteiger charge is -2.19. The highest BCUT2D eigenvalue weighted by Gasteiger charge is 2.34. The fourth-order valence-corrected chi connectivity index (χ4v) is 4.10. The molecule has 0 radical (unpaired) electrons. The van der Waals surface area contributed by atoms with E-state index in [1.165, 1.54) is 11.3 Å². The molecule has 0 bridgehead atoms. The van der Waals surface area contributed by atoms with Gasteiger partial charge in [-0.05, 0) is 59.3 Å². The van der Waals surface area contributed by atoms with Gasteiger partial charge in [-0.25, -0.2) is 0 Å². The lowest BCUT2D eigenvalue weighted by atomic mass is 9.86. The molecule has 0 spiro atoms. The van der Waals surface area contributed by atoms with E-state index in [9.17, 15) is 14.9 Å².